The molecule has 3 saturated heterocycles. The Morgan fingerprint density at radius 1 is 0.860 bits per heavy atom. The number of nitrogens with zero attached hydrogens (tertiary/aromatic N) is 1. The SMILES string of the molecule is COc1cc(C(=O)O[C@H]2CC[C@@]3(C)C4CC[C@H]5[C@]6(O)C[C@H](O)[C@@]7(O)[C@@H](CN8C[C@@H](C)CC[C@H]8[C@@]7(C)O)[C@]6(O)C[C@@]53OC42O)cc(OC)c1OC. The molecule has 2 unspecified atom stereocenters. The number of esters is 1. The number of piperidine rings is 2. The minimum absolute atomic E-state index is 0.117. The Bertz CT molecular complexity index is 1560. The molecule has 7 fully saturated rings. The van der Waals surface area contributed by atoms with Crippen LogP contribution in [0.4, 0.5) is 0 Å². The van der Waals surface area contributed by atoms with Crippen molar-refractivity contribution in [3.8, 4) is 17.2 Å². The highest BCUT2D eigenvalue weighted by atomic mass is 16.7. The van der Waals surface area contributed by atoms with E-state index in [1.807, 2.05) is 6.92 Å². The maximum atomic E-state index is 13.7. The van der Waals surface area contributed by atoms with Crippen molar-refractivity contribution in [1.29, 1.82) is 0 Å². The lowest BCUT2D eigenvalue weighted by atomic mass is 9.49. The minimum atomic E-state index is -2.11. The van der Waals surface area contributed by atoms with Gasteiger partial charge in [0.05, 0.1) is 38.6 Å². The van der Waals surface area contributed by atoms with Crippen molar-refractivity contribution in [3.05, 3.63) is 17.7 Å². The van der Waals surface area contributed by atoms with Gasteiger partial charge in [0.15, 0.2) is 17.6 Å². The monoisotopic (exact) mass is 703 g/mol. The molecule has 14 atom stereocenters. The van der Waals surface area contributed by atoms with Crippen molar-refractivity contribution in [1.82, 2.24) is 4.90 Å². The fraction of sp³-hybridized carbons (Fsp3) is 0.811. The Labute approximate surface area is 292 Å². The van der Waals surface area contributed by atoms with E-state index < -0.39 is 81.2 Å². The van der Waals surface area contributed by atoms with E-state index >= 15 is 0 Å². The maximum absolute atomic E-state index is 13.7. The highest BCUT2D eigenvalue weighted by Crippen LogP contribution is 2.78. The molecule has 50 heavy (non-hydrogen) atoms. The number of aliphatic hydroxyl groups is 6. The van der Waals surface area contributed by atoms with Gasteiger partial charge in [-0.1, -0.05) is 13.8 Å². The summed E-state index contributed by atoms with van der Waals surface area (Å²) in [5.41, 5.74) is -9.64. The van der Waals surface area contributed by atoms with Crippen LogP contribution in [-0.4, -0.2) is 128 Å². The number of aliphatic hydroxyl groups excluding tert-OH is 1. The van der Waals surface area contributed by atoms with Crippen molar-refractivity contribution >= 4 is 5.97 Å². The first-order chi connectivity index (χ1) is 23.4. The van der Waals surface area contributed by atoms with Gasteiger partial charge < -0.3 is 54.3 Å². The Morgan fingerprint density at radius 3 is 2.16 bits per heavy atom. The van der Waals surface area contributed by atoms with Gasteiger partial charge in [0.2, 0.25) is 11.5 Å². The van der Waals surface area contributed by atoms with Crippen molar-refractivity contribution < 1.29 is 59.1 Å². The van der Waals surface area contributed by atoms with Crippen LogP contribution in [0.1, 0.15) is 82.5 Å². The predicted octanol–water partition coefficient (Wildman–Crippen LogP) is 1.36. The van der Waals surface area contributed by atoms with Crippen LogP contribution in [-0.2, 0) is 9.47 Å². The van der Waals surface area contributed by atoms with Crippen LogP contribution in [0.15, 0.2) is 12.1 Å². The third-order valence-corrected chi connectivity index (χ3v) is 15.2. The van der Waals surface area contributed by atoms with E-state index in [4.69, 9.17) is 23.7 Å². The smallest absolute Gasteiger partial charge is 0.338 e. The predicted molar refractivity (Wildman–Crippen MR) is 176 cm³/mol. The number of carbonyl (C=O) groups is 1. The van der Waals surface area contributed by atoms with Crippen LogP contribution in [0.5, 0.6) is 17.2 Å². The van der Waals surface area contributed by atoms with Crippen LogP contribution in [0, 0.1) is 29.1 Å². The second-order valence-electron chi connectivity index (χ2n) is 17.1. The first-order valence-electron chi connectivity index (χ1n) is 18.2. The van der Waals surface area contributed by atoms with Gasteiger partial charge in [0, 0.05) is 55.1 Å². The minimum Gasteiger partial charge on any atom is -0.493 e. The zero-order chi connectivity index (χ0) is 36.0. The molecular formula is C37H53NO12. The van der Waals surface area contributed by atoms with Gasteiger partial charge in [-0.3, -0.25) is 4.90 Å². The average molecular weight is 704 g/mol. The maximum Gasteiger partial charge on any atom is 0.338 e. The zero-order valence-corrected chi connectivity index (χ0v) is 29.8. The molecule has 0 radical (unpaired) electrons. The summed E-state index contributed by atoms with van der Waals surface area (Å²) in [6.07, 6.45) is -0.0196. The standard InChI is InChI=1S/C37H53NO12/c1-19-7-10-26-32(3,41)36(44)25(17-38(26)16-19)34(43)18-35-24(33(34,42)15-27(36)39)9-8-23-31(35,2)12-11-28(37(23,45)50-35)49-30(40)20-13-21(46-4)29(48-6)22(14-20)47-5/h13-14,19,23-28,39,41-45H,7-12,15-18H2,1-6H3/t19-,23?,24-,25-,26-,27-,28-,31-,32+,33+,34+,35+,36-,37?/m0/s1. The number of carbonyl (C=O) groups excluding carboxylic acids is 1. The summed E-state index contributed by atoms with van der Waals surface area (Å²) in [7, 11) is 4.35. The fourth-order valence-electron chi connectivity index (χ4n) is 12.8. The van der Waals surface area contributed by atoms with Crippen molar-refractivity contribution in [2.24, 2.45) is 29.1 Å². The highest BCUT2D eigenvalue weighted by Gasteiger charge is 2.88. The van der Waals surface area contributed by atoms with Gasteiger partial charge >= 0.3 is 5.97 Å². The second-order valence-corrected chi connectivity index (χ2v) is 17.1. The third kappa shape index (κ3) is 3.88. The molecule has 3 aliphatic heterocycles. The molecule has 4 bridgehead atoms. The molecule has 3 heterocycles. The van der Waals surface area contributed by atoms with Crippen molar-refractivity contribution in [2.45, 2.75) is 124 Å². The van der Waals surface area contributed by atoms with Crippen LogP contribution < -0.4 is 14.2 Å². The summed E-state index contributed by atoms with van der Waals surface area (Å²) in [5.74, 6) is -3.76. The molecule has 1 aromatic rings. The van der Waals surface area contributed by atoms with E-state index in [2.05, 4.69) is 11.8 Å². The molecule has 4 aliphatic carbocycles. The lowest BCUT2D eigenvalue weighted by Crippen LogP contribution is -2.85. The number of hydrogen-bond donors (Lipinski definition) is 6. The van der Waals surface area contributed by atoms with Crippen LogP contribution >= 0.6 is 0 Å². The number of methoxy groups -OCH3 is 3. The van der Waals surface area contributed by atoms with Gasteiger partial charge in [-0.15, -0.1) is 0 Å². The Kier molecular flexibility index (Phi) is 7.44. The van der Waals surface area contributed by atoms with Gasteiger partial charge in [-0.25, -0.2) is 4.79 Å². The number of ether oxygens (including phenoxy) is 5. The third-order valence-electron chi connectivity index (χ3n) is 15.2. The van der Waals surface area contributed by atoms with Gasteiger partial charge in [-0.05, 0) is 63.5 Å². The van der Waals surface area contributed by atoms with Gasteiger partial charge in [0.25, 0.3) is 0 Å². The van der Waals surface area contributed by atoms with E-state index in [0.29, 0.717) is 43.9 Å². The molecular weight excluding hydrogens is 650 g/mol. The largest absolute Gasteiger partial charge is 0.493 e. The molecule has 278 valence electrons. The van der Waals surface area contributed by atoms with E-state index in [1.54, 1.807) is 6.92 Å². The summed E-state index contributed by atoms with van der Waals surface area (Å²) >= 11 is 0. The summed E-state index contributed by atoms with van der Waals surface area (Å²) in [4.78, 5) is 15.8. The van der Waals surface area contributed by atoms with E-state index in [-0.39, 0.29) is 42.9 Å². The van der Waals surface area contributed by atoms with E-state index in [1.165, 1.54) is 33.5 Å². The zero-order valence-electron chi connectivity index (χ0n) is 29.8. The van der Waals surface area contributed by atoms with Crippen molar-refractivity contribution in [3.63, 3.8) is 0 Å². The van der Waals surface area contributed by atoms with Crippen LogP contribution in [0.25, 0.3) is 0 Å². The Morgan fingerprint density at radius 2 is 1.52 bits per heavy atom. The summed E-state index contributed by atoms with van der Waals surface area (Å²) in [6.45, 7) is 6.54. The first-order valence-corrected chi connectivity index (χ1v) is 18.2. The second kappa shape index (κ2) is 10.7. The number of benzene rings is 1. The summed E-state index contributed by atoms with van der Waals surface area (Å²) in [6, 6.07) is 2.54. The van der Waals surface area contributed by atoms with E-state index in [0.717, 1.165) is 6.42 Å². The number of fused-ring (bicyclic) bond motifs is 5. The average Bonchev–Trinajstić information content (AvgIpc) is 3.24. The number of rotatable bonds is 5. The molecule has 0 aromatic heterocycles. The highest BCUT2D eigenvalue weighted by molar-refractivity contribution is 5.91. The molecule has 1 spiro atoms. The molecule has 1 aromatic carbocycles. The fourth-order valence-corrected chi connectivity index (χ4v) is 12.8. The Hall–Kier alpha value is -2.23. The molecule has 8 rings (SSSR count). The van der Waals surface area contributed by atoms with Crippen LogP contribution in [0.3, 0.4) is 0 Å². The normalized spacial score (nSPS) is 51.9. The van der Waals surface area contributed by atoms with Crippen molar-refractivity contribution in [2.75, 3.05) is 34.4 Å². The molecule has 4 saturated carbocycles. The molecule has 7 aliphatic rings. The number of hydrogen-bond acceptors (Lipinski definition) is 13. The Balaban J connectivity index is 1.16. The quantitative estimate of drug-likeness (QED) is 0.242. The summed E-state index contributed by atoms with van der Waals surface area (Å²) in [5, 5.41) is 74.9. The lowest BCUT2D eigenvalue weighted by molar-refractivity contribution is -0.354. The first kappa shape index (κ1) is 34.8. The lowest BCUT2D eigenvalue weighted by Gasteiger charge is -2.68. The van der Waals surface area contributed by atoms with Gasteiger partial charge in [-0.2, -0.15) is 0 Å². The van der Waals surface area contributed by atoms with E-state index in [9.17, 15) is 35.4 Å². The molecule has 13 heteroatoms. The van der Waals surface area contributed by atoms with Gasteiger partial charge in [0.1, 0.15) is 22.4 Å². The molecule has 13 nitrogen and oxygen atoms in total. The van der Waals surface area contributed by atoms with Crippen LogP contribution in [0.2, 0.25) is 0 Å². The molecule has 6 N–H and O–H groups in total. The summed E-state index contributed by atoms with van der Waals surface area (Å²) < 4.78 is 29.2. The topological polar surface area (TPSA) is 188 Å². The molecule has 0 amide bonds.